The van der Waals surface area contributed by atoms with Gasteiger partial charge in [0.15, 0.2) is 0 Å². The van der Waals surface area contributed by atoms with Crippen LogP contribution in [-0.2, 0) is 0 Å². The molecule has 0 atom stereocenters. The molecule has 3 heteroatoms. The van der Waals surface area contributed by atoms with Crippen LogP contribution in [0.2, 0.25) is 0 Å². The van der Waals surface area contributed by atoms with Crippen LogP contribution in [0.1, 0.15) is 11.1 Å². The second-order valence-electron chi connectivity index (χ2n) is 2.21. The zero-order chi connectivity index (χ0) is 9.68. The quantitative estimate of drug-likeness (QED) is 0.503. The number of alkyl halides is 1. The van der Waals surface area contributed by atoms with Gasteiger partial charge in [0.25, 0.3) is 0 Å². The summed E-state index contributed by atoms with van der Waals surface area (Å²) in [6.45, 7) is 0. The lowest BCUT2D eigenvalue weighted by atomic mass is 10.1. The molecule has 0 N–H and O–H groups in total. The van der Waals surface area contributed by atoms with Crippen molar-refractivity contribution in [3.63, 3.8) is 0 Å². The van der Waals surface area contributed by atoms with Crippen LogP contribution in [0.15, 0.2) is 18.2 Å². The molecule has 13 heavy (non-hydrogen) atoms. The number of nitrogens with zero attached hydrogens (tertiary/aromatic N) is 1. The van der Waals surface area contributed by atoms with Crippen LogP contribution < -0.4 is 0 Å². The van der Waals surface area contributed by atoms with E-state index in [2.05, 4.69) is 27.8 Å². The molecule has 0 aliphatic rings. The Morgan fingerprint density at radius 3 is 2.85 bits per heavy atom. The molecular formula is C10H5BrFN. The third kappa shape index (κ3) is 2.31. The third-order valence-electron chi connectivity index (χ3n) is 1.42. The summed E-state index contributed by atoms with van der Waals surface area (Å²) >= 11 is 3.12. The van der Waals surface area contributed by atoms with Crippen LogP contribution in [-0.4, -0.2) is 5.33 Å². The lowest BCUT2D eigenvalue weighted by Gasteiger charge is -1.95. The van der Waals surface area contributed by atoms with Gasteiger partial charge in [-0.25, -0.2) is 4.39 Å². The zero-order valence-corrected chi connectivity index (χ0v) is 8.23. The first-order valence-electron chi connectivity index (χ1n) is 3.53. The molecule has 0 radical (unpaired) electrons. The SMILES string of the molecule is N#Cc1c(F)cccc1C#CCBr. The van der Waals surface area contributed by atoms with E-state index in [9.17, 15) is 4.39 Å². The summed E-state index contributed by atoms with van der Waals surface area (Å²) in [7, 11) is 0. The second-order valence-corrected chi connectivity index (χ2v) is 2.77. The smallest absolute Gasteiger partial charge is 0.142 e. The summed E-state index contributed by atoms with van der Waals surface area (Å²) in [6, 6.07) is 6.19. The predicted molar refractivity (Wildman–Crippen MR) is 51.8 cm³/mol. The Kier molecular flexibility index (Phi) is 3.49. The molecule has 0 fully saturated rings. The van der Waals surface area contributed by atoms with Crippen LogP contribution in [0.25, 0.3) is 0 Å². The molecule has 0 aliphatic heterocycles. The van der Waals surface area contributed by atoms with Crippen molar-refractivity contribution in [1.29, 1.82) is 5.26 Å². The summed E-state index contributed by atoms with van der Waals surface area (Å²) in [5.74, 6) is 4.89. The highest BCUT2D eigenvalue weighted by Gasteiger charge is 2.04. The Morgan fingerprint density at radius 1 is 1.46 bits per heavy atom. The van der Waals surface area contributed by atoms with Gasteiger partial charge in [-0.3, -0.25) is 0 Å². The molecule has 0 aliphatic carbocycles. The van der Waals surface area contributed by atoms with Crippen LogP contribution in [0, 0.1) is 29.0 Å². The molecule has 0 unspecified atom stereocenters. The monoisotopic (exact) mass is 237 g/mol. The average Bonchev–Trinajstić information content (AvgIpc) is 2.15. The molecule has 0 saturated heterocycles. The van der Waals surface area contributed by atoms with Crippen LogP contribution in [0.3, 0.4) is 0 Å². The summed E-state index contributed by atoms with van der Waals surface area (Å²) in [6.07, 6.45) is 0. The van der Waals surface area contributed by atoms with Gasteiger partial charge in [-0.1, -0.05) is 33.8 Å². The third-order valence-corrected chi connectivity index (χ3v) is 1.70. The summed E-state index contributed by atoms with van der Waals surface area (Å²) in [5.41, 5.74) is 0.443. The highest BCUT2D eigenvalue weighted by Crippen LogP contribution is 2.10. The van der Waals surface area contributed by atoms with Gasteiger partial charge in [-0.2, -0.15) is 5.26 Å². The number of hydrogen-bond donors (Lipinski definition) is 0. The fourth-order valence-electron chi connectivity index (χ4n) is 0.871. The van der Waals surface area contributed by atoms with Gasteiger partial charge < -0.3 is 0 Å². The lowest BCUT2D eigenvalue weighted by molar-refractivity contribution is 0.623. The van der Waals surface area contributed by atoms with Gasteiger partial charge in [-0.15, -0.1) is 0 Å². The van der Waals surface area contributed by atoms with Crippen LogP contribution in [0.4, 0.5) is 4.39 Å². The van der Waals surface area contributed by atoms with Crippen molar-refractivity contribution in [3.8, 4) is 17.9 Å². The maximum Gasteiger partial charge on any atom is 0.142 e. The predicted octanol–water partition coefficient (Wildman–Crippen LogP) is 2.44. The zero-order valence-electron chi connectivity index (χ0n) is 6.64. The molecule has 0 saturated carbocycles. The Bertz CT molecular complexity index is 409. The number of rotatable bonds is 0. The van der Waals surface area contributed by atoms with Crippen molar-refractivity contribution in [2.24, 2.45) is 0 Å². The highest BCUT2D eigenvalue weighted by molar-refractivity contribution is 9.09. The molecule has 64 valence electrons. The molecule has 0 bridgehead atoms. The Hall–Kier alpha value is -1.32. The van der Waals surface area contributed by atoms with Crippen LogP contribution in [0.5, 0.6) is 0 Å². The minimum Gasteiger partial charge on any atom is -0.205 e. The highest BCUT2D eigenvalue weighted by atomic mass is 79.9. The molecule has 0 heterocycles. The first-order valence-corrected chi connectivity index (χ1v) is 4.65. The van der Waals surface area contributed by atoms with E-state index in [-0.39, 0.29) is 5.56 Å². The number of benzene rings is 1. The number of nitriles is 1. The summed E-state index contributed by atoms with van der Waals surface area (Å²) in [4.78, 5) is 0. The molecular weight excluding hydrogens is 233 g/mol. The molecule has 1 nitrogen and oxygen atoms in total. The van der Waals surface area contributed by atoms with E-state index in [1.807, 2.05) is 0 Å². The fraction of sp³-hybridized carbons (Fsp3) is 0.100. The van der Waals surface area contributed by atoms with Crippen molar-refractivity contribution >= 4 is 15.9 Å². The standard InChI is InChI=1S/C10H5BrFN/c11-6-2-4-8-3-1-5-10(12)9(8)7-13/h1,3,5H,6H2. The van der Waals surface area contributed by atoms with Crippen molar-refractivity contribution in [2.75, 3.05) is 5.33 Å². The molecule has 1 rings (SSSR count). The topological polar surface area (TPSA) is 23.8 Å². The summed E-state index contributed by atoms with van der Waals surface area (Å²) < 4.78 is 13.0. The maximum atomic E-state index is 13.0. The lowest BCUT2D eigenvalue weighted by Crippen LogP contribution is -1.88. The van der Waals surface area contributed by atoms with Crippen molar-refractivity contribution in [3.05, 3.63) is 35.1 Å². The van der Waals surface area contributed by atoms with Gasteiger partial charge in [0.1, 0.15) is 17.4 Å². The van der Waals surface area contributed by atoms with Gasteiger partial charge in [0.2, 0.25) is 0 Å². The van der Waals surface area contributed by atoms with E-state index in [0.717, 1.165) is 0 Å². The average molecular weight is 238 g/mol. The molecule has 0 spiro atoms. The van der Waals surface area contributed by atoms with E-state index in [1.54, 1.807) is 12.1 Å². The molecule has 0 amide bonds. The van der Waals surface area contributed by atoms with E-state index >= 15 is 0 Å². The first-order chi connectivity index (χ1) is 6.29. The van der Waals surface area contributed by atoms with E-state index < -0.39 is 5.82 Å². The Morgan fingerprint density at radius 2 is 2.23 bits per heavy atom. The van der Waals surface area contributed by atoms with Gasteiger partial charge in [0, 0.05) is 5.56 Å². The number of halogens is 2. The second kappa shape index (κ2) is 4.64. The van der Waals surface area contributed by atoms with Crippen LogP contribution >= 0.6 is 15.9 Å². The van der Waals surface area contributed by atoms with Crippen molar-refractivity contribution in [2.45, 2.75) is 0 Å². The minimum absolute atomic E-state index is 0.0101. The van der Waals surface area contributed by atoms with E-state index in [0.29, 0.717) is 10.9 Å². The molecule has 0 aromatic heterocycles. The normalized spacial score (nSPS) is 8.38. The van der Waals surface area contributed by atoms with Gasteiger partial charge >= 0.3 is 0 Å². The fourth-order valence-corrected chi connectivity index (χ4v) is 1.01. The largest absolute Gasteiger partial charge is 0.205 e. The molecule has 1 aromatic carbocycles. The minimum atomic E-state index is -0.524. The van der Waals surface area contributed by atoms with Gasteiger partial charge in [-0.05, 0) is 12.1 Å². The Balaban J connectivity index is 3.22. The van der Waals surface area contributed by atoms with E-state index in [1.165, 1.54) is 12.1 Å². The maximum absolute atomic E-state index is 13.0. The summed E-state index contributed by atoms with van der Waals surface area (Å²) in [5, 5.41) is 9.14. The number of hydrogen-bond acceptors (Lipinski definition) is 1. The Labute approximate surface area is 84.3 Å². The molecule has 1 aromatic rings. The van der Waals surface area contributed by atoms with Gasteiger partial charge in [0.05, 0.1) is 5.33 Å². The van der Waals surface area contributed by atoms with E-state index in [4.69, 9.17) is 5.26 Å². The van der Waals surface area contributed by atoms with Crippen molar-refractivity contribution in [1.82, 2.24) is 0 Å². The van der Waals surface area contributed by atoms with Crippen molar-refractivity contribution < 1.29 is 4.39 Å². The first kappa shape index (κ1) is 9.77.